The fourth-order valence-electron chi connectivity index (χ4n) is 5.37. The molecule has 3 heterocycles. The van der Waals surface area contributed by atoms with Gasteiger partial charge in [0.15, 0.2) is 0 Å². The smallest absolute Gasteiger partial charge is 0.140 e. The predicted molar refractivity (Wildman–Crippen MR) is 156 cm³/mol. The van der Waals surface area contributed by atoms with Gasteiger partial charge in [-0.15, -0.1) is 23.8 Å². The number of hydrogen-bond acceptors (Lipinski definition) is 4. The summed E-state index contributed by atoms with van der Waals surface area (Å²) in [7, 11) is 0. The minimum absolute atomic E-state index is 0. The monoisotopic (exact) mass is 696 g/mol. The molecule has 1 aliphatic heterocycles. The van der Waals surface area contributed by atoms with Crippen molar-refractivity contribution in [3.05, 3.63) is 107 Å². The van der Waals surface area contributed by atoms with Crippen LogP contribution in [0.25, 0.3) is 22.2 Å². The SMILES string of the molecule is [2H]C([2H])([2H])c1ccc(O)c2nc(-c3[c-]c4c(cc3)C(C)(C)c3ccccc3N4c3cc(C(C)(C)C)ccn3)ccc12.[Pt]. The van der Waals surface area contributed by atoms with E-state index >= 15 is 0 Å². The van der Waals surface area contributed by atoms with Crippen molar-refractivity contribution in [2.24, 2.45) is 0 Å². The predicted octanol–water partition coefficient (Wildman–Crippen LogP) is 8.52. The first kappa shape index (κ1) is 23.4. The Morgan fingerprint density at radius 3 is 2.51 bits per heavy atom. The Kier molecular flexibility index (Phi) is 5.76. The quantitative estimate of drug-likeness (QED) is 0.188. The minimum atomic E-state index is -2.32. The third kappa shape index (κ3) is 4.45. The summed E-state index contributed by atoms with van der Waals surface area (Å²) in [5, 5.41) is 11.0. The zero-order valence-corrected chi connectivity index (χ0v) is 24.9. The number of aryl methyl sites for hydroxylation is 1. The summed E-state index contributed by atoms with van der Waals surface area (Å²) >= 11 is 0. The van der Waals surface area contributed by atoms with E-state index in [2.05, 4.69) is 82.0 Å². The summed E-state index contributed by atoms with van der Waals surface area (Å²) in [5.74, 6) is 0.745. The third-order valence-electron chi connectivity index (χ3n) is 7.59. The number of phenolic OH excluding ortho intramolecular Hbond substituents is 1. The molecule has 0 spiro atoms. The second-order valence-corrected chi connectivity index (χ2v) is 11.5. The van der Waals surface area contributed by atoms with Crippen LogP contribution in [0.4, 0.5) is 17.2 Å². The number of anilines is 3. The molecule has 2 aromatic heterocycles. The van der Waals surface area contributed by atoms with E-state index in [4.69, 9.17) is 14.1 Å². The van der Waals surface area contributed by atoms with Crippen LogP contribution in [0.5, 0.6) is 5.75 Å². The van der Waals surface area contributed by atoms with Crippen LogP contribution in [0.3, 0.4) is 0 Å². The number of aromatic hydroxyl groups is 1. The first-order valence-corrected chi connectivity index (χ1v) is 12.8. The van der Waals surface area contributed by atoms with Crippen molar-refractivity contribution in [1.29, 1.82) is 0 Å². The van der Waals surface area contributed by atoms with E-state index in [1.165, 1.54) is 23.3 Å². The molecule has 1 aliphatic rings. The second kappa shape index (κ2) is 9.61. The van der Waals surface area contributed by atoms with Gasteiger partial charge in [-0.3, -0.25) is 4.98 Å². The molecule has 39 heavy (non-hydrogen) atoms. The summed E-state index contributed by atoms with van der Waals surface area (Å²) < 4.78 is 23.7. The molecule has 0 unspecified atom stereocenters. The van der Waals surface area contributed by atoms with Gasteiger partial charge in [0.05, 0.1) is 0 Å². The maximum atomic E-state index is 10.6. The molecule has 0 bridgehead atoms. The number of nitrogens with zero attached hydrogens (tertiary/aromatic N) is 3. The van der Waals surface area contributed by atoms with Crippen LogP contribution in [-0.2, 0) is 31.9 Å². The Hall–Kier alpha value is -3.49. The van der Waals surface area contributed by atoms with E-state index in [9.17, 15) is 5.11 Å². The molecule has 0 saturated carbocycles. The average Bonchev–Trinajstić information content (AvgIpc) is 2.92. The Balaban J connectivity index is 0.00000353. The molecular weight excluding hydrogens is 661 g/mol. The number of pyridine rings is 2. The molecule has 200 valence electrons. The van der Waals surface area contributed by atoms with E-state index in [1.807, 2.05) is 18.3 Å². The second-order valence-electron chi connectivity index (χ2n) is 11.5. The van der Waals surface area contributed by atoms with Gasteiger partial charge >= 0.3 is 0 Å². The van der Waals surface area contributed by atoms with Gasteiger partial charge in [0.25, 0.3) is 0 Å². The zero-order valence-electron chi connectivity index (χ0n) is 25.6. The fraction of sp³-hybridized carbons (Fsp3) is 0.235. The normalized spacial score (nSPS) is 15.4. The number of aromatic nitrogens is 2. The Labute approximate surface area is 249 Å². The van der Waals surface area contributed by atoms with Gasteiger partial charge < -0.3 is 10.0 Å². The van der Waals surface area contributed by atoms with Gasteiger partial charge in [0.2, 0.25) is 0 Å². The topological polar surface area (TPSA) is 49.3 Å². The van der Waals surface area contributed by atoms with Crippen LogP contribution < -0.4 is 4.90 Å². The van der Waals surface area contributed by atoms with Gasteiger partial charge in [-0.25, -0.2) is 4.98 Å². The Morgan fingerprint density at radius 2 is 1.74 bits per heavy atom. The summed E-state index contributed by atoms with van der Waals surface area (Å²) in [6, 6.07) is 26.7. The van der Waals surface area contributed by atoms with E-state index in [1.54, 1.807) is 12.1 Å². The summed E-state index contributed by atoms with van der Waals surface area (Å²) in [6.07, 6.45) is 1.86. The number of fused-ring (bicyclic) bond motifs is 3. The number of para-hydroxylation sites is 1. The average molecular weight is 697 g/mol. The van der Waals surface area contributed by atoms with Crippen LogP contribution in [0.15, 0.2) is 79.0 Å². The van der Waals surface area contributed by atoms with Crippen molar-refractivity contribution < 1.29 is 30.3 Å². The van der Waals surface area contributed by atoms with E-state index in [-0.39, 0.29) is 48.7 Å². The molecule has 3 aromatic carbocycles. The van der Waals surface area contributed by atoms with Crippen LogP contribution in [0, 0.1) is 12.9 Å². The van der Waals surface area contributed by atoms with Crippen molar-refractivity contribution in [3.8, 4) is 17.0 Å². The van der Waals surface area contributed by atoms with Crippen LogP contribution in [0.2, 0.25) is 0 Å². The molecule has 5 heteroatoms. The molecule has 0 atom stereocenters. The number of hydrogen-bond donors (Lipinski definition) is 1. The van der Waals surface area contributed by atoms with Crippen molar-refractivity contribution >= 4 is 28.1 Å². The van der Waals surface area contributed by atoms with E-state index in [0.29, 0.717) is 11.1 Å². The largest absolute Gasteiger partial charge is 0.506 e. The van der Waals surface area contributed by atoms with Gasteiger partial charge in [-0.05, 0) is 70.0 Å². The molecule has 0 amide bonds. The molecule has 0 saturated heterocycles. The van der Waals surface area contributed by atoms with Crippen LogP contribution in [0.1, 0.15) is 61.0 Å². The van der Waals surface area contributed by atoms with Gasteiger partial charge in [-0.2, -0.15) is 0 Å². The Bertz CT molecular complexity index is 1830. The fourth-order valence-corrected chi connectivity index (χ4v) is 5.37. The van der Waals surface area contributed by atoms with Crippen molar-refractivity contribution in [2.45, 2.75) is 52.3 Å². The van der Waals surface area contributed by atoms with Crippen LogP contribution >= 0.6 is 0 Å². The molecular formula is C34H32N3OPt-. The van der Waals surface area contributed by atoms with Crippen molar-refractivity contribution in [3.63, 3.8) is 0 Å². The molecule has 4 nitrogen and oxygen atoms in total. The summed E-state index contributed by atoms with van der Waals surface area (Å²) in [4.78, 5) is 11.7. The standard InChI is InChI=1S/C34H32N3O.Pt/c1-21-11-16-30(38)32-24(21)13-15-27(36-32)22-12-14-26-29(19-22)37(28-10-8-7-9-25(28)34(26,5)6)31-20-23(17-18-35-31)33(2,3)4;/h7-18,20,38H,1-6H3;/q-1;/i1D3;. The third-order valence-corrected chi connectivity index (χ3v) is 7.59. The summed E-state index contributed by atoms with van der Waals surface area (Å²) in [6.45, 7) is 8.69. The molecule has 0 fully saturated rings. The maximum Gasteiger partial charge on any atom is 0.140 e. The van der Waals surface area contributed by atoms with Gasteiger partial charge in [0.1, 0.15) is 17.1 Å². The molecule has 1 N–H and O–H groups in total. The first-order chi connectivity index (χ1) is 19.3. The molecule has 5 aromatic rings. The molecule has 0 aliphatic carbocycles. The number of benzene rings is 3. The van der Waals surface area contributed by atoms with Crippen LogP contribution in [-0.4, -0.2) is 15.1 Å². The number of rotatable bonds is 2. The molecule has 6 rings (SSSR count). The first-order valence-electron chi connectivity index (χ1n) is 14.3. The number of phenols is 1. The summed E-state index contributed by atoms with van der Waals surface area (Å²) in [5.41, 5.74) is 6.81. The van der Waals surface area contributed by atoms with Crippen molar-refractivity contribution in [2.75, 3.05) is 4.90 Å². The van der Waals surface area contributed by atoms with E-state index in [0.717, 1.165) is 28.3 Å². The molecule has 0 radical (unpaired) electrons. The van der Waals surface area contributed by atoms with Crippen molar-refractivity contribution in [1.82, 2.24) is 9.97 Å². The minimum Gasteiger partial charge on any atom is -0.506 e. The van der Waals surface area contributed by atoms with Gasteiger partial charge in [0, 0.05) is 42.4 Å². The maximum absolute atomic E-state index is 10.6. The van der Waals surface area contributed by atoms with E-state index < -0.39 is 6.85 Å². The zero-order chi connectivity index (χ0) is 29.3. The Morgan fingerprint density at radius 1 is 0.949 bits per heavy atom. The van der Waals surface area contributed by atoms with Gasteiger partial charge in [-0.1, -0.05) is 76.6 Å².